The van der Waals surface area contributed by atoms with E-state index < -0.39 is 0 Å². The van der Waals surface area contributed by atoms with Crippen LogP contribution in [-0.2, 0) is 22.5 Å². The largest absolute Gasteiger partial charge is 0.396 e. The molecule has 4 rings (SSSR count). The van der Waals surface area contributed by atoms with E-state index in [0.717, 1.165) is 50.9 Å². The summed E-state index contributed by atoms with van der Waals surface area (Å²) in [6, 6.07) is 14.7. The summed E-state index contributed by atoms with van der Waals surface area (Å²) in [4.78, 5) is 12.3. The normalized spacial score (nSPS) is 20.3. The molecule has 0 aromatic heterocycles. The Morgan fingerprint density at radius 1 is 1.14 bits per heavy atom. The number of aliphatic hydroxyl groups is 1. The first-order valence-electron chi connectivity index (χ1n) is 10.2. The molecular formula is C24H32FNO3. The number of aryl methyl sites for hydroxylation is 1. The number of benzene rings is 2. The second-order valence-electron chi connectivity index (χ2n) is 7.66. The molecule has 0 unspecified atom stereocenters. The number of fused-ring (bicyclic) bond motifs is 1. The summed E-state index contributed by atoms with van der Waals surface area (Å²) in [6.07, 6.45) is 4.56. The van der Waals surface area contributed by atoms with Crippen molar-refractivity contribution in [1.82, 2.24) is 4.90 Å². The molecule has 2 aromatic carbocycles. The molecular weight excluding hydrogens is 369 g/mol. The van der Waals surface area contributed by atoms with Crippen LogP contribution >= 0.6 is 0 Å². The van der Waals surface area contributed by atoms with Crippen LogP contribution in [0.1, 0.15) is 36.5 Å². The van der Waals surface area contributed by atoms with Crippen LogP contribution in [0, 0.1) is 18.7 Å². The van der Waals surface area contributed by atoms with Gasteiger partial charge in [-0.2, -0.15) is 0 Å². The smallest absolute Gasteiger partial charge is 0.210 e. The number of amides is 1. The van der Waals surface area contributed by atoms with Crippen LogP contribution in [0.4, 0.5) is 4.39 Å². The van der Waals surface area contributed by atoms with E-state index in [4.69, 9.17) is 9.84 Å². The van der Waals surface area contributed by atoms with Gasteiger partial charge < -0.3 is 14.7 Å². The molecule has 2 aliphatic rings. The van der Waals surface area contributed by atoms with E-state index in [9.17, 15) is 9.18 Å². The van der Waals surface area contributed by atoms with Gasteiger partial charge in [0.1, 0.15) is 5.82 Å². The predicted molar refractivity (Wildman–Crippen MR) is 113 cm³/mol. The van der Waals surface area contributed by atoms with Crippen molar-refractivity contribution >= 4 is 6.41 Å². The maximum atomic E-state index is 12.1. The molecule has 2 aromatic rings. The first-order chi connectivity index (χ1) is 14.0. The van der Waals surface area contributed by atoms with Gasteiger partial charge in [0.15, 0.2) is 0 Å². The number of carbonyl (C=O) groups excluding carboxylic acids is 1. The molecule has 0 radical (unpaired) electrons. The topological polar surface area (TPSA) is 49.8 Å². The number of aliphatic hydroxyl groups excluding tert-OH is 1. The molecule has 0 spiro atoms. The predicted octanol–water partition coefficient (Wildman–Crippen LogP) is 4.13. The number of hydrogen-bond acceptors (Lipinski definition) is 3. The van der Waals surface area contributed by atoms with Crippen molar-refractivity contribution in [2.45, 2.75) is 45.8 Å². The molecule has 5 heteroatoms. The minimum absolute atomic E-state index is 0.171. The Labute approximate surface area is 173 Å². The van der Waals surface area contributed by atoms with Gasteiger partial charge in [0.05, 0.1) is 12.7 Å². The standard InChI is InChI=1S/C10H11NO.C7H7F.C7H14O2/c12-8-11-6-5-9-3-1-2-4-10(9)7-11;1-6-2-4-7(8)5-3-6;1-6-2-3-7(4-8)5-9-6/h1-4,8H,5-7H2;2-5H,1H3;6-8H,2-5H2,1H3/t;;6-,7+/m..0/s1. The summed E-state index contributed by atoms with van der Waals surface area (Å²) in [5.74, 6) is 0.233. The molecule has 0 aliphatic carbocycles. The van der Waals surface area contributed by atoms with Crippen LogP contribution in [0.2, 0.25) is 0 Å². The fourth-order valence-electron chi connectivity index (χ4n) is 3.22. The lowest BCUT2D eigenvalue weighted by atomic mass is 10.0. The second-order valence-corrected chi connectivity index (χ2v) is 7.66. The fourth-order valence-corrected chi connectivity index (χ4v) is 3.22. The number of nitrogens with zero attached hydrogens (tertiary/aromatic N) is 1. The molecule has 1 N–H and O–H groups in total. The summed E-state index contributed by atoms with van der Waals surface area (Å²) in [5, 5.41) is 8.70. The van der Waals surface area contributed by atoms with Crippen LogP contribution in [0.15, 0.2) is 48.5 Å². The van der Waals surface area contributed by atoms with Gasteiger partial charge in [-0.3, -0.25) is 4.79 Å². The van der Waals surface area contributed by atoms with E-state index in [0.29, 0.717) is 12.0 Å². The molecule has 2 heterocycles. The number of rotatable bonds is 2. The zero-order chi connectivity index (χ0) is 21.1. The average molecular weight is 402 g/mol. The van der Waals surface area contributed by atoms with Crippen LogP contribution in [0.3, 0.4) is 0 Å². The third-order valence-electron chi connectivity index (χ3n) is 5.18. The molecule has 29 heavy (non-hydrogen) atoms. The van der Waals surface area contributed by atoms with Crippen LogP contribution in [0.25, 0.3) is 0 Å². The highest BCUT2D eigenvalue weighted by Gasteiger charge is 2.17. The van der Waals surface area contributed by atoms with Crippen molar-refractivity contribution in [3.8, 4) is 0 Å². The highest BCUT2D eigenvalue weighted by molar-refractivity contribution is 5.49. The zero-order valence-corrected chi connectivity index (χ0v) is 17.4. The number of carbonyl (C=O) groups is 1. The van der Waals surface area contributed by atoms with Gasteiger partial charge in [0.2, 0.25) is 6.41 Å². The third-order valence-corrected chi connectivity index (χ3v) is 5.18. The van der Waals surface area contributed by atoms with E-state index >= 15 is 0 Å². The van der Waals surface area contributed by atoms with Gasteiger partial charge in [-0.05, 0) is 56.4 Å². The Hall–Kier alpha value is -2.24. The van der Waals surface area contributed by atoms with Crippen molar-refractivity contribution < 1.29 is 19.0 Å². The van der Waals surface area contributed by atoms with Crippen molar-refractivity contribution in [2.24, 2.45) is 5.92 Å². The fraction of sp³-hybridized carbons (Fsp3) is 0.458. The van der Waals surface area contributed by atoms with Crippen LogP contribution in [0.5, 0.6) is 0 Å². The van der Waals surface area contributed by atoms with E-state index in [-0.39, 0.29) is 12.4 Å². The Kier molecular flexibility index (Phi) is 9.81. The molecule has 1 fully saturated rings. The van der Waals surface area contributed by atoms with Crippen LogP contribution < -0.4 is 0 Å². The summed E-state index contributed by atoms with van der Waals surface area (Å²) >= 11 is 0. The molecule has 0 bridgehead atoms. The number of ether oxygens (including phenoxy) is 1. The molecule has 1 saturated heterocycles. The lowest BCUT2D eigenvalue weighted by Gasteiger charge is -2.24. The summed E-state index contributed by atoms with van der Waals surface area (Å²) in [7, 11) is 0. The lowest BCUT2D eigenvalue weighted by Crippen LogP contribution is -2.28. The van der Waals surface area contributed by atoms with Gasteiger partial charge in [0.25, 0.3) is 0 Å². The maximum Gasteiger partial charge on any atom is 0.210 e. The second kappa shape index (κ2) is 12.3. The summed E-state index contributed by atoms with van der Waals surface area (Å²) in [6.45, 7) is 6.68. The monoisotopic (exact) mass is 401 g/mol. The minimum Gasteiger partial charge on any atom is -0.396 e. The van der Waals surface area contributed by atoms with Gasteiger partial charge in [-0.1, -0.05) is 42.0 Å². The van der Waals surface area contributed by atoms with Gasteiger partial charge in [-0.25, -0.2) is 4.39 Å². The van der Waals surface area contributed by atoms with E-state index in [1.54, 1.807) is 12.1 Å². The molecule has 1 amide bonds. The van der Waals surface area contributed by atoms with Gasteiger partial charge >= 0.3 is 0 Å². The summed E-state index contributed by atoms with van der Waals surface area (Å²) in [5.41, 5.74) is 3.76. The van der Waals surface area contributed by atoms with Crippen molar-refractivity contribution in [3.05, 3.63) is 71.0 Å². The highest BCUT2D eigenvalue weighted by atomic mass is 19.1. The zero-order valence-electron chi connectivity index (χ0n) is 17.4. The number of halogens is 1. The van der Waals surface area contributed by atoms with Crippen LogP contribution in [-0.4, -0.2) is 42.3 Å². The Bertz CT molecular complexity index is 706. The minimum atomic E-state index is -0.171. The Morgan fingerprint density at radius 2 is 1.83 bits per heavy atom. The van der Waals surface area contributed by atoms with Crippen molar-refractivity contribution in [1.29, 1.82) is 0 Å². The quantitative estimate of drug-likeness (QED) is 0.770. The Balaban J connectivity index is 0.000000160. The molecule has 4 nitrogen and oxygen atoms in total. The SMILES string of the molecule is C[C@H]1CC[C@H](CO)CO1.Cc1ccc(F)cc1.O=CN1CCc2ccccc2C1. The third kappa shape index (κ3) is 8.34. The number of hydrogen-bond donors (Lipinski definition) is 1. The van der Waals surface area contributed by atoms with E-state index in [1.807, 2.05) is 17.9 Å². The van der Waals surface area contributed by atoms with E-state index in [2.05, 4.69) is 25.1 Å². The lowest BCUT2D eigenvalue weighted by molar-refractivity contribution is -0.118. The highest BCUT2D eigenvalue weighted by Crippen LogP contribution is 2.17. The first-order valence-corrected chi connectivity index (χ1v) is 10.2. The molecule has 2 aliphatic heterocycles. The molecule has 2 atom stereocenters. The Morgan fingerprint density at radius 3 is 2.38 bits per heavy atom. The molecule has 0 saturated carbocycles. The van der Waals surface area contributed by atoms with Gasteiger partial charge in [-0.15, -0.1) is 0 Å². The molecule has 158 valence electrons. The summed E-state index contributed by atoms with van der Waals surface area (Å²) < 4.78 is 17.4. The maximum absolute atomic E-state index is 12.1. The van der Waals surface area contributed by atoms with Crippen molar-refractivity contribution in [3.63, 3.8) is 0 Å². The average Bonchev–Trinajstić information content (AvgIpc) is 2.77. The van der Waals surface area contributed by atoms with E-state index in [1.165, 1.54) is 23.3 Å². The van der Waals surface area contributed by atoms with Crippen molar-refractivity contribution in [2.75, 3.05) is 19.8 Å². The first kappa shape index (κ1) is 23.0. The van der Waals surface area contributed by atoms with Gasteiger partial charge in [0, 0.05) is 25.6 Å².